The quantitative estimate of drug-likeness (QED) is 0.927. The first-order chi connectivity index (χ1) is 7.24. The molecule has 1 N–H and O–H groups in total. The second kappa shape index (κ2) is 6.42. The van der Waals surface area contributed by atoms with Crippen molar-refractivity contribution < 1.29 is 9.13 Å². The molecular weight excluding hydrogens is 296 g/mol. The normalized spacial score (nSPS) is 19.2. The first-order valence-electron chi connectivity index (χ1n) is 5.03. The lowest BCUT2D eigenvalue weighted by atomic mass is 10.1. The summed E-state index contributed by atoms with van der Waals surface area (Å²) in [5.74, 6) is 0.865. The van der Waals surface area contributed by atoms with Gasteiger partial charge in [-0.2, -0.15) is 0 Å². The van der Waals surface area contributed by atoms with E-state index in [1.807, 2.05) is 0 Å². The first kappa shape index (κ1) is 13.7. The third-order valence-corrected chi connectivity index (χ3v) is 2.94. The van der Waals surface area contributed by atoms with Crippen LogP contribution in [0.1, 0.15) is 6.42 Å². The van der Waals surface area contributed by atoms with Crippen molar-refractivity contribution in [2.75, 3.05) is 19.7 Å². The van der Waals surface area contributed by atoms with Gasteiger partial charge in [-0.05, 0) is 25.1 Å². The summed E-state index contributed by atoms with van der Waals surface area (Å²) in [5, 5.41) is 3.27. The van der Waals surface area contributed by atoms with Crippen molar-refractivity contribution >= 4 is 28.3 Å². The summed E-state index contributed by atoms with van der Waals surface area (Å²) in [7, 11) is 0. The number of ether oxygens (including phenoxy) is 1. The van der Waals surface area contributed by atoms with Crippen LogP contribution in [0.2, 0.25) is 0 Å². The Morgan fingerprint density at radius 3 is 2.88 bits per heavy atom. The molecule has 0 amide bonds. The van der Waals surface area contributed by atoms with E-state index >= 15 is 0 Å². The number of hydrogen-bond donors (Lipinski definition) is 1. The van der Waals surface area contributed by atoms with Gasteiger partial charge in [0.25, 0.3) is 0 Å². The van der Waals surface area contributed by atoms with Crippen LogP contribution < -0.4 is 10.1 Å². The summed E-state index contributed by atoms with van der Waals surface area (Å²) in [5.41, 5.74) is 0. The predicted octanol–water partition coefficient (Wildman–Crippen LogP) is 3.00. The Balaban J connectivity index is 0.00000128. The topological polar surface area (TPSA) is 21.3 Å². The van der Waals surface area contributed by atoms with Crippen LogP contribution in [0.5, 0.6) is 5.75 Å². The molecule has 2 nitrogen and oxygen atoms in total. The maximum atomic E-state index is 13.0. The van der Waals surface area contributed by atoms with Crippen LogP contribution in [-0.2, 0) is 0 Å². The van der Waals surface area contributed by atoms with Gasteiger partial charge < -0.3 is 10.1 Å². The molecule has 1 fully saturated rings. The van der Waals surface area contributed by atoms with Gasteiger partial charge in [-0.25, -0.2) is 4.39 Å². The largest absolute Gasteiger partial charge is 0.493 e. The monoisotopic (exact) mass is 309 g/mol. The molecular formula is C11H14BrClFNO. The van der Waals surface area contributed by atoms with Gasteiger partial charge in [0.2, 0.25) is 0 Å². The van der Waals surface area contributed by atoms with Crippen molar-refractivity contribution in [2.24, 2.45) is 5.92 Å². The molecule has 0 aliphatic carbocycles. The van der Waals surface area contributed by atoms with Crippen molar-refractivity contribution in [1.29, 1.82) is 0 Å². The minimum absolute atomic E-state index is 0. The molecule has 1 saturated heterocycles. The van der Waals surface area contributed by atoms with Crippen LogP contribution in [0.3, 0.4) is 0 Å². The number of nitrogens with one attached hydrogen (secondary N) is 1. The zero-order chi connectivity index (χ0) is 10.7. The van der Waals surface area contributed by atoms with Gasteiger partial charge in [0.05, 0.1) is 6.61 Å². The van der Waals surface area contributed by atoms with Gasteiger partial charge in [0, 0.05) is 23.0 Å². The molecule has 2 rings (SSSR count). The van der Waals surface area contributed by atoms with Crippen molar-refractivity contribution in [3.05, 3.63) is 28.5 Å². The molecule has 90 valence electrons. The van der Waals surface area contributed by atoms with Gasteiger partial charge in [-0.1, -0.05) is 15.9 Å². The maximum Gasteiger partial charge on any atom is 0.128 e. The van der Waals surface area contributed by atoms with E-state index in [9.17, 15) is 4.39 Å². The number of benzene rings is 1. The molecule has 5 heteroatoms. The minimum atomic E-state index is -0.274. The average molecular weight is 311 g/mol. The molecule has 1 aliphatic rings. The summed E-state index contributed by atoms with van der Waals surface area (Å²) in [6, 6.07) is 4.61. The fourth-order valence-electron chi connectivity index (χ4n) is 1.68. The highest BCUT2D eigenvalue weighted by Crippen LogP contribution is 2.21. The predicted molar refractivity (Wildman–Crippen MR) is 67.8 cm³/mol. The standard InChI is InChI=1S/C11H13BrFNO.ClH/c12-9-3-10(13)5-11(4-9)15-7-8-1-2-14-6-8;/h3-5,8,14H,1-2,6-7H2;1H/t8-;/m0./s1. The Labute approximate surface area is 109 Å². The van der Waals surface area contributed by atoms with E-state index in [2.05, 4.69) is 21.2 Å². The zero-order valence-electron chi connectivity index (χ0n) is 8.71. The Hall–Kier alpha value is -0.320. The summed E-state index contributed by atoms with van der Waals surface area (Å²) in [6.45, 7) is 2.71. The Morgan fingerprint density at radius 1 is 1.44 bits per heavy atom. The minimum Gasteiger partial charge on any atom is -0.493 e. The molecule has 1 aromatic carbocycles. The lowest BCUT2D eigenvalue weighted by Crippen LogP contribution is -2.15. The zero-order valence-corrected chi connectivity index (χ0v) is 11.1. The second-order valence-electron chi connectivity index (χ2n) is 3.77. The van der Waals surface area contributed by atoms with Crippen LogP contribution >= 0.6 is 28.3 Å². The van der Waals surface area contributed by atoms with E-state index in [4.69, 9.17) is 4.74 Å². The average Bonchev–Trinajstić information content (AvgIpc) is 2.65. The molecule has 16 heavy (non-hydrogen) atoms. The van der Waals surface area contributed by atoms with Crippen LogP contribution in [0.25, 0.3) is 0 Å². The molecule has 1 heterocycles. The van der Waals surface area contributed by atoms with E-state index in [-0.39, 0.29) is 18.2 Å². The fourth-order valence-corrected chi connectivity index (χ4v) is 2.13. The summed E-state index contributed by atoms with van der Waals surface area (Å²) >= 11 is 3.23. The molecule has 0 bridgehead atoms. The molecule has 0 saturated carbocycles. The van der Waals surface area contributed by atoms with Crippen molar-refractivity contribution in [3.8, 4) is 5.75 Å². The molecule has 1 aromatic rings. The van der Waals surface area contributed by atoms with Crippen LogP contribution in [0.15, 0.2) is 22.7 Å². The number of hydrogen-bond acceptors (Lipinski definition) is 2. The first-order valence-corrected chi connectivity index (χ1v) is 5.83. The maximum absolute atomic E-state index is 13.0. The SMILES string of the molecule is Cl.Fc1cc(Br)cc(OC[C@H]2CCNC2)c1. The van der Waals surface area contributed by atoms with E-state index in [1.165, 1.54) is 12.1 Å². The molecule has 0 radical (unpaired) electrons. The summed E-state index contributed by atoms with van der Waals surface area (Å²) in [4.78, 5) is 0. The number of halogens is 3. The molecule has 1 atom stereocenters. The fraction of sp³-hybridized carbons (Fsp3) is 0.455. The number of rotatable bonds is 3. The van der Waals surface area contributed by atoms with Gasteiger partial charge in [0.1, 0.15) is 11.6 Å². The van der Waals surface area contributed by atoms with E-state index in [1.54, 1.807) is 6.07 Å². The lowest BCUT2D eigenvalue weighted by Gasteiger charge is -2.11. The van der Waals surface area contributed by atoms with Crippen molar-refractivity contribution in [3.63, 3.8) is 0 Å². The Bertz CT molecular complexity index is 325. The van der Waals surface area contributed by atoms with Crippen molar-refractivity contribution in [2.45, 2.75) is 6.42 Å². The molecule has 0 spiro atoms. The Morgan fingerprint density at radius 2 is 2.25 bits per heavy atom. The van der Waals surface area contributed by atoms with E-state index in [0.717, 1.165) is 19.5 Å². The lowest BCUT2D eigenvalue weighted by molar-refractivity contribution is 0.259. The smallest absolute Gasteiger partial charge is 0.128 e. The van der Waals surface area contributed by atoms with Crippen LogP contribution in [-0.4, -0.2) is 19.7 Å². The van der Waals surface area contributed by atoms with Crippen LogP contribution in [0, 0.1) is 11.7 Å². The molecule has 1 aliphatic heterocycles. The Kier molecular flexibility index (Phi) is 5.52. The van der Waals surface area contributed by atoms with Gasteiger partial charge in [-0.15, -0.1) is 12.4 Å². The van der Waals surface area contributed by atoms with Gasteiger partial charge >= 0.3 is 0 Å². The highest BCUT2D eigenvalue weighted by molar-refractivity contribution is 9.10. The molecule has 0 aromatic heterocycles. The third kappa shape index (κ3) is 3.92. The highest BCUT2D eigenvalue weighted by Gasteiger charge is 2.15. The van der Waals surface area contributed by atoms with Crippen LogP contribution in [0.4, 0.5) is 4.39 Å². The third-order valence-electron chi connectivity index (χ3n) is 2.48. The summed E-state index contributed by atoms with van der Waals surface area (Å²) < 4.78 is 19.3. The molecule has 0 unspecified atom stereocenters. The van der Waals surface area contributed by atoms with Gasteiger partial charge in [-0.3, -0.25) is 0 Å². The van der Waals surface area contributed by atoms with Crippen molar-refractivity contribution in [1.82, 2.24) is 5.32 Å². The summed E-state index contributed by atoms with van der Waals surface area (Å²) in [6.07, 6.45) is 1.14. The highest BCUT2D eigenvalue weighted by atomic mass is 79.9. The van der Waals surface area contributed by atoms with E-state index in [0.29, 0.717) is 22.7 Å². The second-order valence-corrected chi connectivity index (χ2v) is 4.69. The van der Waals surface area contributed by atoms with E-state index < -0.39 is 0 Å². The van der Waals surface area contributed by atoms with Gasteiger partial charge in [0.15, 0.2) is 0 Å².